The number of hydrogen-bond acceptors (Lipinski definition) is 3. The number of carbonyl (C=O) groups excluding carboxylic acids is 1. The molecule has 0 saturated heterocycles. The lowest BCUT2D eigenvalue weighted by Gasteiger charge is -2.13. The van der Waals surface area contributed by atoms with Gasteiger partial charge in [0.1, 0.15) is 5.82 Å². The average Bonchev–Trinajstić information content (AvgIpc) is 2.96. The van der Waals surface area contributed by atoms with E-state index in [-0.39, 0.29) is 5.91 Å². The van der Waals surface area contributed by atoms with E-state index in [0.29, 0.717) is 17.3 Å². The van der Waals surface area contributed by atoms with E-state index in [9.17, 15) is 4.79 Å². The Morgan fingerprint density at radius 2 is 2.21 bits per heavy atom. The van der Waals surface area contributed by atoms with Crippen molar-refractivity contribution in [2.75, 3.05) is 18.4 Å². The Balaban J connectivity index is 1.93. The van der Waals surface area contributed by atoms with Crippen LogP contribution in [-0.4, -0.2) is 24.0 Å². The lowest BCUT2D eigenvalue weighted by molar-refractivity contribution is 0.0948. The summed E-state index contributed by atoms with van der Waals surface area (Å²) in [5.74, 6) is 1.33. The summed E-state index contributed by atoms with van der Waals surface area (Å²) in [7, 11) is 0. The molecule has 0 atom stereocenters. The summed E-state index contributed by atoms with van der Waals surface area (Å²) < 4.78 is 0. The SMILES string of the molecule is CCCNc1ncccc1C(=O)NCC1CCCC1. The molecule has 2 rings (SSSR count). The van der Waals surface area contributed by atoms with E-state index >= 15 is 0 Å². The van der Waals surface area contributed by atoms with Crippen molar-refractivity contribution in [1.29, 1.82) is 0 Å². The first-order chi connectivity index (χ1) is 9.31. The molecule has 1 aromatic rings. The van der Waals surface area contributed by atoms with Crippen LogP contribution in [-0.2, 0) is 0 Å². The summed E-state index contributed by atoms with van der Waals surface area (Å²) in [6.45, 7) is 3.72. The van der Waals surface area contributed by atoms with Crippen LogP contribution in [0.25, 0.3) is 0 Å². The highest BCUT2D eigenvalue weighted by molar-refractivity contribution is 5.98. The van der Waals surface area contributed by atoms with Gasteiger partial charge in [-0.3, -0.25) is 4.79 Å². The first-order valence-electron chi connectivity index (χ1n) is 7.28. The Kier molecular flexibility index (Phi) is 5.19. The van der Waals surface area contributed by atoms with Crippen molar-refractivity contribution < 1.29 is 4.79 Å². The fourth-order valence-corrected chi connectivity index (χ4v) is 2.52. The van der Waals surface area contributed by atoms with E-state index < -0.39 is 0 Å². The minimum Gasteiger partial charge on any atom is -0.369 e. The van der Waals surface area contributed by atoms with Crippen LogP contribution >= 0.6 is 0 Å². The van der Waals surface area contributed by atoms with Crippen LogP contribution < -0.4 is 10.6 Å². The van der Waals surface area contributed by atoms with Gasteiger partial charge in [0.05, 0.1) is 5.56 Å². The van der Waals surface area contributed by atoms with E-state index in [1.807, 2.05) is 12.1 Å². The van der Waals surface area contributed by atoms with Gasteiger partial charge in [-0.2, -0.15) is 0 Å². The Morgan fingerprint density at radius 3 is 2.95 bits per heavy atom. The third kappa shape index (κ3) is 3.94. The van der Waals surface area contributed by atoms with Crippen molar-refractivity contribution in [3.63, 3.8) is 0 Å². The molecule has 0 radical (unpaired) electrons. The maximum absolute atomic E-state index is 12.2. The summed E-state index contributed by atoms with van der Waals surface area (Å²) in [6, 6.07) is 3.64. The number of nitrogens with one attached hydrogen (secondary N) is 2. The molecule has 19 heavy (non-hydrogen) atoms. The van der Waals surface area contributed by atoms with Crippen LogP contribution in [0.5, 0.6) is 0 Å². The summed E-state index contributed by atoms with van der Waals surface area (Å²) in [4.78, 5) is 16.4. The van der Waals surface area contributed by atoms with Crippen LogP contribution in [0.4, 0.5) is 5.82 Å². The van der Waals surface area contributed by atoms with Crippen LogP contribution in [0.1, 0.15) is 49.4 Å². The topological polar surface area (TPSA) is 54.0 Å². The molecule has 0 spiro atoms. The maximum atomic E-state index is 12.2. The molecule has 1 saturated carbocycles. The van der Waals surface area contributed by atoms with Gasteiger partial charge in [-0.1, -0.05) is 19.8 Å². The van der Waals surface area contributed by atoms with Crippen molar-refractivity contribution in [1.82, 2.24) is 10.3 Å². The molecular weight excluding hydrogens is 238 g/mol. The maximum Gasteiger partial charge on any atom is 0.255 e. The van der Waals surface area contributed by atoms with E-state index in [4.69, 9.17) is 0 Å². The van der Waals surface area contributed by atoms with E-state index in [1.54, 1.807) is 6.20 Å². The van der Waals surface area contributed by atoms with Crippen LogP contribution in [0.15, 0.2) is 18.3 Å². The molecule has 2 N–H and O–H groups in total. The highest BCUT2D eigenvalue weighted by Crippen LogP contribution is 2.23. The molecule has 1 amide bonds. The van der Waals surface area contributed by atoms with Crippen LogP contribution in [0.3, 0.4) is 0 Å². The van der Waals surface area contributed by atoms with E-state index in [1.165, 1.54) is 25.7 Å². The Morgan fingerprint density at radius 1 is 1.42 bits per heavy atom. The lowest BCUT2D eigenvalue weighted by atomic mass is 10.1. The largest absolute Gasteiger partial charge is 0.369 e. The van der Waals surface area contributed by atoms with Gasteiger partial charge in [0, 0.05) is 19.3 Å². The number of hydrogen-bond donors (Lipinski definition) is 2. The van der Waals surface area contributed by atoms with Crippen molar-refractivity contribution >= 4 is 11.7 Å². The molecule has 4 heteroatoms. The smallest absolute Gasteiger partial charge is 0.255 e. The van der Waals surface area contributed by atoms with Gasteiger partial charge in [0.15, 0.2) is 0 Å². The lowest BCUT2D eigenvalue weighted by Crippen LogP contribution is -2.29. The van der Waals surface area contributed by atoms with Gasteiger partial charge in [0.25, 0.3) is 5.91 Å². The average molecular weight is 261 g/mol. The minimum atomic E-state index is -0.0152. The predicted octanol–water partition coefficient (Wildman–Crippen LogP) is 2.82. The first-order valence-corrected chi connectivity index (χ1v) is 7.28. The zero-order valence-corrected chi connectivity index (χ0v) is 11.6. The number of nitrogens with zero attached hydrogens (tertiary/aromatic N) is 1. The zero-order chi connectivity index (χ0) is 13.5. The number of pyridine rings is 1. The van der Waals surface area contributed by atoms with Crippen molar-refractivity contribution in [3.8, 4) is 0 Å². The molecule has 4 nitrogen and oxygen atoms in total. The highest BCUT2D eigenvalue weighted by atomic mass is 16.1. The fourth-order valence-electron chi connectivity index (χ4n) is 2.52. The minimum absolute atomic E-state index is 0.0152. The Hall–Kier alpha value is -1.58. The fraction of sp³-hybridized carbons (Fsp3) is 0.600. The van der Waals surface area contributed by atoms with Gasteiger partial charge in [-0.05, 0) is 37.3 Å². The summed E-state index contributed by atoms with van der Waals surface area (Å²) in [5, 5.41) is 6.24. The van der Waals surface area contributed by atoms with Crippen LogP contribution in [0.2, 0.25) is 0 Å². The van der Waals surface area contributed by atoms with Gasteiger partial charge in [0.2, 0.25) is 0 Å². The normalized spacial score (nSPS) is 15.4. The predicted molar refractivity (Wildman–Crippen MR) is 77.3 cm³/mol. The molecule has 1 aromatic heterocycles. The third-order valence-electron chi connectivity index (χ3n) is 3.62. The molecule has 1 heterocycles. The van der Waals surface area contributed by atoms with Gasteiger partial charge < -0.3 is 10.6 Å². The summed E-state index contributed by atoms with van der Waals surface area (Å²) >= 11 is 0. The second-order valence-corrected chi connectivity index (χ2v) is 5.19. The molecule has 1 fully saturated rings. The molecule has 0 aromatic carbocycles. The van der Waals surface area contributed by atoms with Crippen molar-refractivity contribution in [2.24, 2.45) is 5.92 Å². The molecular formula is C15H23N3O. The molecule has 0 bridgehead atoms. The standard InChI is InChI=1S/C15H23N3O/c1-2-9-16-14-13(8-5-10-17-14)15(19)18-11-12-6-3-4-7-12/h5,8,10,12H,2-4,6-7,9,11H2,1H3,(H,16,17)(H,18,19). The number of carbonyl (C=O) groups is 1. The first kappa shape index (κ1) is 13.8. The second kappa shape index (κ2) is 7.12. The van der Waals surface area contributed by atoms with Gasteiger partial charge in [-0.15, -0.1) is 0 Å². The zero-order valence-electron chi connectivity index (χ0n) is 11.6. The van der Waals surface area contributed by atoms with Gasteiger partial charge in [-0.25, -0.2) is 4.98 Å². The number of rotatable bonds is 6. The molecule has 104 valence electrons. The second-order valence-electron chi connectivity index (χ2n) is 5.19. The Bertz CT molecular complexity index is 414. The summed E-state index contributed by atoms with van der Waals surface area (Å²) in [5.41, 5.74) is 0.647. The third-order valence-corrected chi connectivity index (χ3v) is 3.62. The Labute approximate surface area is 115 Å². The van der Waals surface area contributed by atoms with E-state index in [2.05, 4.69) is 22.5 Å². The van der Waals surface area contributed by atoms with Crippen molar-refractivity contribution in [2.45, 2.75) is 39.0 Å². The molecule has 0 aliphatic heterocycles. The quantitative estimate of drug-likeness (QED) is 0.828. The van der Waals surface area contributed by atoms with E-state index in [0.717, 1.165) is 19.5 Å². The number of amides is 1. The molecule has 0 unspecified atom stereocenters. The monoisotopic (exact) mass is 261 g/mol. The van der Waals surface area contributed by atoms with Crippen LogP contribution in [0, 0.1) is 5.92 Å². The highest BCUT2D eigenvalue weighted by Gasteiger charge is 2.17. The van der Waals surface area contributed by atoms with Gasteiger partial charge >= 0.3 is 0 Å². The number of anilines is 1. The molecule has 1 aliphatic rings. The van der Waals surface area contributed by atoms with Crippen molar-refractivity contribution in [3.05, 3.63) is 23.9 Å². The number of aromatic nitrogens is 1. The summed E-state index contributed by atoms with van der Waals surface area (Å²) in [6.07, 6.45) is 7.82. The molecule has 1 aliphatic carbocycles.